The highest BCUT2D eigenvalue weighted by atomic mass is 79.9. The van der Waals surface area contributed by atoms with Gasteiger partial charge in [-0.25, -0.2) is 13.1 Å². The summed E-state index contributed by atoms with van der Waals surface area (Å²) in [6.07, 6.45) is 3.39. The van der Waals surface area contributed by atoms with Crippen molar-refractivity contribution in [2.24, 2.45) is 0 Å². The van der Waals surface area contributed by atoms with Crippen LogP contribution in [-0.4, -0.2) is 27.5 Å². The third-order valence-corrected chi connectivity index (χ3v) is 6.28. The average Bonchev–Trinajstić information content (AvgIpc) is 2.76. The van der Waals surface area contributed by atoms with Crippen LogP contribution in [0.2, 0.25) is 0 Å². The molecule has 2 heterocycles. The smallest absolute Gasteiger partial charge is 0.250 e. The summed E-state index contributed by atoms with van der Waals surface area (Å²) in [7, 11) is -3.34. The maximum absolute atomic E-state index is 11.9. The molecule has 1 aliphatic rings. The summed E-state index contributed by atoms with van der Waals surface area (Å²) in [5.41, 5.74) is 0. The molecule has 0 unspecified atom stereocenters. The molecule has 0 amide bonds. The SMILES string of the molecule is O=S(=O)(NC[C@H]1CCCCN1)c1ccc(Br)s1. The Bertz CT molecular complexity index is 466. The Morgan fingerprint density at radius 1 is 1.47 bits per heavy atom. The van der Waals surface area contributed by atoms with Crippen LogP contribution in [0.3, 0.4) is 0 Å². The van der Waals surface area contributed by atoms with Gasteiger partial charge in [0.15, 0.2) is 0 Å². The zero-order valence-electron chi connectivity index (χ0n) is 9.28. The lowest BCUT2D eigenvalue weighted by molar-refractivity contribution is 0.398. The van der Waals surface area contributed by atoms with Crippen molar-refractivity contribution in [1.29, 1.82) is 0 Å². The molecule has 1 atom stereocenters. The largest absolute Gasteiger partial charge is 0.313 e. The van der Waals surface area contributed by atoms with Gasteiger partial charge in [-0.15, -0.1) is 11.3 Å². The van der Waals surface area contributed by atoms with E-state index in [2.05, 4.69) is 26.0 Å². The molecule has 1 aliphatic heterocycles. The number of halogens is 1. The molecule has 1 aromatic heterocycles. The molecule has 1 aromatic rings. The van der Waals surface area contributed by atoms with Gasteiger partial charge in [-0.1, -0.05) is 6.42 Å². The summed E-state index contributed by atoms with van der Waals surface area (Å²) in [6.45, 7) is 1.45. The van der Waals surface area contributed by atoms with Gasteiger partial charge in [0.25, 0.3) is 0 Å². The van der Waals surface area contributed by atoms with Gasteiger partial charge < -0.3 is 5.32 Å². The van der Waals surface area contributed by atoms with Crippen LogP contribution in [0.5, 0.6) is 0 Å². The van der Waals surface area contributed by atoms with Crippen LogP contribution in [0.4, 0.5) is 0 Å². The fourth-order valence-electron chi connectivity index (χ4n) is 1.82. The van der Waals surface area contributed by atoms with Crippen LogP contribution in [0.1, 0.15) is 19.3 Å². The van der Waals surface area contributed by atoms with Crippen molar-refractivity contribution < 1.29 is 8.42 Å². The second-order valence-corrected chi connectivity index (χ2v) is 8.51. The lowest BCUT2D eigenvalue weighted by Crippen LogP contribution is -2.43. The zero-order chi connectivity index (χ0) is 12.3. The fourth-order valence-corrected chi connectivity index (χ4v) is 4.96. The molecular formula is C10H15BrN2O2S2. The topological polar surface area (TPSA) is 58.2 Å². The third-order valence-electron chi connectivity index (χ3n) is 2.75. The van der Waals surface area contributed by atoms with Gasteiger partial charge in [-0.05, 0) is 47.4 Å². The molecule has 0 aromatic carbocycles. The van der Waals surface area contributed by atoms with E-state index in [-0.39, 0.29) is 6.04 Å². The number of rotatable bonds is 4. The van der Waals surface area contributed by atoms with E-state index < -0.39 is 10.0 Å². The molecule has 0 bridgehead atoms. The van der Waals surface area contributed by atoms with Crippen LogP contribution >= 0.6 is 27.3 Å². The third kappa shape index (κ3) is 3.75. The Morgan fingerprint density at radius 3 is 2.88 bits per heavy atom. The molecule has 96 valence electrons. The Kier molecular flexibility index (Phi) is 4.59. The van der Waals surface area contributed by atoms with Crippen LogP contribution < -0.4 is 10.0 Å². The van der Waals surface area contributed by atoms with E-state index >= 15 is 0 Å². The number of nitrogens with one attached hydrogen (secondary N) is 2. The Morgan fingerprint density at radius 2 is 2.29 bits per heavy atom. The van der Waals surface area contributed by atoms with Crippen molar-refractivity contribution in [3.05, 3.63) is 15.9 Å². The minimum Gasteiger partial charge on any atom is -0.313 e. The standard InChI is InChI=1S/C10H15BrN2O2S2/c11-9-4-5-10(16-9)17(14,15)13-7-8-3-1-2-6-12-8/h4-5,8,12-13H,1-3,6-7H2/t8-/m1/s1. The van der Waals surface area contributed by atoms with Gasteiger partial charge >= 0.3 is 0 Å². The lowest BCUT2D eigenvalue weighted by atomic mass is 10.1. The number of sulfonamides is 1. The minimum absolute atomic E-state index is 0.266. The highest BCUT2D eigenvalue weighted by Crippen LogP contribution is 2.25. The van der Waals surface area contributed by atoms with Gasteiger partial charge in [0, 0.05) is 12.6 Å². The van der Waals surface area contributed by atoms with Crippen LogP contribution in [0, 0.1) is 0 Å². The predicted octanol–water partition coefficient (Wildman–Crippen LogP) is 1.93. The van der Waals surface area contributed by atoms with Crippen LogP contribution in [-0.2, 0) is 10.0 Å². The maximum Gasteiger partial charge on any atom is 0.250 e. The summed E-state index contributed by atoms with van der Waals surface area (Å²) in [6, 6.07) is 3.63. The Balaban J connectivity index is 1.93. The number of piperidine rings is 1. The molecule has 0 saturated carbocycles. The maximum atomic E-state index is 11.9. The lowest BCUT2D eigenvalue weighted by Gasteiger charge is -2.23. The second kappa shape index (κ2) is 5.79. The first kappa shape index (κ1) is 13.5. The van der Waals surface area contributed by atoms with E-state index in [1.807, 2.05) is 0 Å². The van der Waals surface area contributed by atoms with E-state index in [4.69, 9.17) is 0 Å². The minimum atomic E-state index is -3.34. The molecule has 0 spiro atoms. The highest BCUT2D eigenvalue weighted by Gasteiger charge is 2.19. The van der Waals surface area contributed by atoms with Gasteiger partial charge in [0.1, 0.15) is 4.21 Å². The van der Waals surface area contributed by atoms with E-state index in [1.54, 1.807) is 12.1 Å². The first-order valence-corrected chi connectivity index (χ1v) is 8.65. The summed E-state index contributed by atoms with van der Waals surface area (Å²) in [4.78, 5) is 0. The molecule has 1 fully saturated rings. The summed E-state index contributed by atoms with van der Waals surface area (Å²) in [5, 5.41) is 3.32. The van der Waals surface area contributed by atoms with Crippen LogP contribution in [0.25, 0.3) is 0 Å². The van der Waals surface area contributed by atoms with Crippen molar-refractivity contribution in [2.75, 3.05) is 13.1 Å². The molecular weight excluding hydrogens is 324 g/mol. The molecule has 2 rings (SSSR count). The average molecular weight is 339 g/mol. The fraction of sp³-hybridized carbons (Fsp3) is 0.600. The van der Waals surface area contributed by atoms with Gasteiger partial charge in [0.2, 0.25) is 10.0 Å². The van der Waals surface area contributed by atoms with Gasteiger partial charge in [-0.2, -0.15) is 0 Å². The molecule has 2 N–H and O–H groups in total. The van der Waals surface area contributed by atoms with Crippen LogP contribution in [0.15, 0.2) is 20.1 Å². The highest BCUT2D eigenvalue weighted by molar-refractivity contribution is 9.11. The van der Waals surface area contributed by atoms with Crippen molar-refractivity contribution in [3.63, 3.8) is 0 Å². The van der Waals surface area contributed by atoms with Crippen molar-refractivity contribution in [3.8, 4) is 0 Å². The summed E-state index contributed by atoms with van der Waals surface area (Å²) < 4.78 is 27.7. The first-order chi connectivity index (χ1) is 8.08. The summed E-state index contributed by atoms with van der Waals surface area (Å²) in [5.74, 6) is 0. The first-order valence-electron chi connectivity index (χ1n) is 5.56. The molecule has 7 heteroatoms. The summed E-state index contributed by atoms with van der Waals surface area (Å²) >= 11 is 4.49. The van der Waals surface area contributed by atoms with Crippen molar-refractivity contribution >= 4 is 37.3 Å². The second-order valence-electron chi connectivity index (χ2n) is 4.06. The van der Waals surface area contributed by atoms with Gasteiger partial charge in [-0.3, -0.25) is 0 Å². The Labute approximate surface area is 114 Å². The molecule has 0 aliphatic carbocycles. The number of hydrogen-bond donors (Lipinski definition) is 2. The van der Waals surface area contributed by atoms with E-state index in [0.29, 0.717) is 10.8 Å². The van der Waals surface area contributed by atoms with E-state index in [9.17, 15) is 8.42 Å². The van der Waals surface area contributed by atoms with Crippen molar-refractivity contribution in [1.82, 2.24) is 10.0 Å². The zero-order valence-corrected chi connectivity index (χ0v) is 12.5. The molecule has 0 radical (unpaired) electrons. The monoisotopic (exact) mass is 338 g/mol. The molecule has 17 heavy (non-hydrogen) atoms. The Hall–Kier alpha value is 0.0500. The molecule has 1 saturated heterocycles. The molecule has 4 nitrogen and oxygen atoms in total. The van der Waals surface area contributed by atoms with E-state index in [0.717, 1.165) is 16.8 Å². The van der Waals surface area contributed by atoms with Gasteiger partial charge in [0.05, 0.1) is 3.79 Å². The number of thiophene rings is 1. The van der Waals surface area contributed by atoms with E-state index in [1.165, 1.54) is 24.2 Å². The normalized spacial score (nSPS) is 21.6. The predicted molar refractivity (Wildman–Crippen MR) is 72.8 cm³/mol. The number of hydrogen-bond acceptors (Lipinski definition) is 4. The quantitative estimate of drug-likeness (QED) is 0.881. The van der Waals surface area contributed by atoms with Crippen molar-refractivity contribution in [2.45, 2.75) is 29.5 Å².